The maximum absolute atomic E-state index is 11.9. The van der Waals surface area contributed by atoms with Crippen molar-refractivity contribution in [3.8, 4) is 0 Å². The van der Waals surface area contributed by atoms with Crippen LogP contribution in [0.1, 0.15) is 17.8 Å². The van der Waals surface area contributed by atoms with Gasteiger partial charge in [-0.15, -0.1) is 0 Å². The minimum absolute atomic E-state index is 0.0826. The average molecular weight is 318 g/mol. The summed E-state index contributed by atoms with van der Waals surface area (Å²) in [5, 5.41) is 20.6. The summed E-state index contributed by atoms with van der Waals surface area (Å²) in [4.78, 5) is 22.1. The highest BCUT2D eigenvalue weighted by atomic mass is 16.6. The summed E-state index contributed by atoms with van der Waals surface area (Å²) in [6, 6.07) is 0. The van der Waals surface area contributed by atoms with Gasteiger partial charge >= 0.3 is 0 Å². The lowest BCUT2D eigenvalue weighted by Gasteiger charge is -2.24. The van der Waals surface area contributed by atoms with Crippen LogP contribution in [0, 0.1) is 6.92 Å². The Labute approximate surface area is 132 Å². The Kier molecular flexibility index (Phi) is 4.20. The van der Waals surface area contributed by atoms with Crippen molar-refractivity contribution >= 4 is 11.7 Å². The Balaban J connectivity index is 1.52. The molecule has 0 radical (unpaired) electrons. The van der Waals surface area contributed by atoms with Gasteiger partial charge in [-0.1, -0.05) is 10.3 Å². The van der Waals surface area contributed by atoms with E-state index >= 15 is 0 Å². The molecule has 0 aromatic carbocycles. The quantitative estimate of drug-likeness (QED) is 0.755. The minimum atomic E-state index is -0.982. The van der Waals surface area contributed by atoms with Crippen LogP contribution in [0.2, 0.25) is 0 Å². The van der Waals surface area contributed by atoms with Crippen LogP contribution >= 0.6 is 0 Å². The number of rotatable bonds is 5. The van der Waals surface area contributed by atoms with Crippen LogP contribution < -0.4 is 10.2 Å². The first-order valence-corrected chi connectivity index (χ1v) is 7.34. The van der Waals surface area contributed by atoms with Gasteiger partial charge in [-0.3, -0.25) is 9.78 Å². The molecule has 1 amide bonds. The van der Waals surface area contributed by atoms with Gasteiger partial charge in [0.05, 0.1) is 12.6 Å². The summed E-state index contributed by atoms with van der Waals surface area (Å²) in [5.41, 5.74) is 0.111. The molecule has 0 aliphatic carbocycles. The molecule has 1 unspecified atom stereocenters. The van der Waals surface area contributed by atoms with E-state index in [4.69, 9.17) is 0 Å². The lowest BCUT2D eigenvalue weighted by Crippen LogP contribution is -2.45. The van der Waals surface area contributed by atoms with E-state index in [2.05, 4.69) is 30.2 Å². The van der Waals surface area contributed by atoms with Crippen LogP contribution in [0.25, 0.3) is 0 Å². The molecule has 1 saturated heterocycles. The van der Waals surface area contributed by atoms with Crippen molar-refractivity contribution in [2.24, 2.45) is 0 Å². The van der Waals surface area contributed by atoms with E-state index in [0.717, 1.165) is 5.82 Å². The largest absolute Gasteiger partial charge is 0.386 e. The number of anilines is 1. The molecule has 2 aromatic heterocycles. The van der Waals surface area contributed by atoms with Crippen LogP contribution in [0.3, 0.4) is 0 Å². The van der Waals surface area contributed by atoms with Crippen LogP contribution in [-0.2, 0) is 11.2 Å². The molecule has 1 aliphatic heterocycles. The highest BCUT2D eigenvalue weighted by Crippen LogP contribution is 2.24. The summed E-state index contributed by atoms with van der Waals surface area (Å²) in [6.45, 7) is 2.96. The molecular formula is C14H18N6O3. The van der Waals surface area contributed by atoms with Crippen molar-refractivity contribution in [1.29, 1.82) is 0 Å². The van der Waals surface area contributed by atoms with E-state index in [1.807, 2.05) is 4.90 Å². The summed E-state index contributed by atoms with van der Waals surface area (Å²) >= 11 is 0. The van der Waals surface area contributed by atoms with E-state index < -0.39 is 5.60 Å². The monoisotopic (exact) mass is 318 g/mol. The molecule has 2 aromatic rings. The molecule has 1 atom stereocenters. The molecule has 2 N–H and O–H groups in total. The van der Waals surface area contributed by atoms with Crippen molar-refractivity contribution in [3.05, 3.63) is 30.0 Å². The Bertz CT molecular complexity index is 676. The van der Waals surface area contributed by atoms with Gasteiger partial charge in [-0.25, -0.2) is 9.61 Å². The number of amides is 1. The SMILES string of the molecule is Cc1nonc1CC(=O)NCC1(O)CCN(c2cnccn2)C1. The lowest BCUT2D eigenvalue weighted by molar-refractivity contribution is -0.121. The number of β-amino-alcohol motifs (C(OH)–C–C–N with tert-alkyl or cyclic N) is 1. The molecule has 122 valence electrons. The third kappa shape index (κ3) is 3.62. The van der Waals surface area contributed by atoms with E-state index in [0.29, 0.717) is 30.9 Å². The van der Waals surface area contributed by atoms with Crippen molar-refractivity contribution in [3.63, 3.8) is 0 Å². The Hall–Kier alpha value is -2.55. The van der Waals surface area contributed by atoms with Gasteiger partial charge in [0.25, 0.3) is 0 Å². The Morgan fingerprint density at radius 3 is 3.04 bits per heavy atom. The number of nitrogens with one attached hydrogen (secondary N) is 1. The number of hydrogen-bond acceptors (Lipinski definition) is 8. The zero-order valence-corrected chi connectivity index (χ0v) is 12.8. The molecule has 1 fully saturated rings. The first-order chi connectivity index (χ1) is 11.1. The molecule has 0 spiro atoms. The second-order valence-corrected chi connectivity index (χ2v) is 5.71. The average Bonchev–Trinajstić information content (AvgIpc) is 3.14. The molecule has 0 bridgehead atoms. The maximum atomic E-state index is 11.9. The van der Waals surface area contributed by atoms with E-state index in [-0.39, 0.29) is 18.9 Å². The number of nitrogens with zero attached hydrogens (tertiary/aromatic N) is 5. The van der Waals surface area contributed by atoms with Crippen molar-refractivity contribution in [1.82, 2.24) is 25.6 Å². The molecule has 9 heteroatoms. The normalized spacial score (nSPS) is 20.7. The van der Waals surface area contributed by atoms with E-state index in [1.54, 1.807) is 25.5 Å². The summed E-state index contributed by atoms with van der Waals surface area (Å²) in [7, 11) is 0. The maximum Gasteiger partial charge on any atom is 0.226 e. The van der Waals surface area contributed by atoms with Gasteiger partial charge in [0.15, 0.2) is 0 Å². The van der Waals surface area contributed by atoms with E-state index in [9.17, 15) is 9.90 Å². The second-order valence-electron chi connectivity index (χ2n) is 5.71. The molecule has 23 heavy (non-hydrogen) atoms. The third-order valence-corrected chi connectivity index (χ3v) is 3.89. The third-order valence-electron chi connectivity index (χ3n) is 3.89. The van der Waals surface area contributed by atoms with Crippen molar-refractivity contribution in [2.75, 3.05) is 24.5 Å². The zero-order valence-electron chi connectivity index (χ0n) is 12.8. The number of hydrogen-bond donors (Lipinski definition) is 2. The smallest absolute Gasteiger partial charge is 0.226 e. The van der Waals surface area contributed by atoms with Gasteiger partial charge in [-0.05, 0) is 13.3 Å². The highest BCUT2D eigenvalue weighted by molar-refractivity contribution is 5.78. The van der Waals surface area contributed by atoms with Crippen LogP contribution in [0.4, 0.5) is 5.82 Å². The Morgan fingerprint density at radius 2 is 2.35 bits per heavy atom. The number of aliphatic hydroxyl groups is 1. The molecule has 3 heterocycles. The second kappa shape index (κ2) is 6.29. The zero-order chi connectivity index (χ0) is 16.3. The predicted octanol–water partition coefficient (Wildman–Crippen LogP) is -0.532. The van der Waals surface area contributed by atoms with Crippen molar-refractivity contribution in [2.45, 2.75) is 25.4 Å². The predicted molar refractivity (Wildman–Crippen MR) is 79.6 cm³/mol. The fourth-order valence-electron chi connectivity index (χ4n) is 2.54. The molecular weight excluding hydrogens is 300 g/mol. The first-order valence-electron chi connectivity index (χ1n) is 7.34. The van der Waals surface area contributed by atoms with Gasteiger partial charge < -0.3 is 15.3 Å². The molecule has 3 rings (SSSR count). The van der Waals surface area contributed by atoms with Gasteiger partial charge in [0.2, 0.25) is 5.91 Å². The standard InChI is InChI=1S/C14H18N6O3/c1-10-11(19-23-18-10)6-13(21)17-8-14(22)2-5-20(9-14)12-7-15-3-4-16-12/h3-4,7,22H,2,5-6,8-9H2,1H3,(H,17,21). The lowest BCUT2D eigenvalue weighted by atomic mass is 10.0. The van der Waals surface area contributed by atoms with Gasteiger partial charge in [0.1, 0.15) is 22.8 Å². The number of aromatic nitrogens is 4. The highest BCUT2D eigenvalue weighted by Gasteiger charge is 2.37. The molecule has 1 aliphatic rings. The topological polar surface area (TPSA) is 117 Å². The number of carbonyl (C=O) groups is 1. The van der Waals surface area contributed by atoms with Gasteiger partial charge in [-0.2, -0.15) is 0 Å². The number of aryl methyl sites for hydroxylation is 1. The van der Waals surface area contributed by atoms with E-state index in [1.165, 1.54) is 0 Å². The first kappa shape index (κ1) is 15.3. The van der Waals surface area contributed by atoms with Crippen molar-refractivity contribution < 1.29 is 14.5 Å². The summed E-state index contributed by atoms with van der Waals surface area (Å²) in [6.07, 6.45) is 5.51. The minimum Gasteiger partial charge on any atom is -0.386 e. The van der Waals surface area contributed by atoms with Crippen LogP contribution in [0.5, 0.6) is 0 Å². The van der Waals surface area contributed by atoms with Crippen LogP contribution in [0.15, 0.2) is 23.2 Å². The van der Waals surface area contributed by atoms with Crippen LogP contribution in [-0.4, -0.2) is 56.5 Å². The number of carbonyl (C=O) groups excluding carboxylic acids is 1. The fraction of sp³-hybridized carbons (Fsp3) is 0.500. The summed E-state index contributed by atoms with van der Waals surface area (Å²) in [5.74, 6) is 0.495. The summed E-state index contributed by atoms with van der Waals surface area (Å²) < 4.78 is 4.56. The Morgan fingerprint density at radius 1 is 1.48 bits per heavy atom. The molecule has 0 saturated carbocycles. The van der Waals surface area contributed by atoms with Gasteiger partial charge in [0, 0.05) is 32.0 Å². The molecule has 9 nitrogen and oxygen atoms in total. The fourth-order valence-corrected chi connectivity index (χ4v) is 2.54.